The monoisotopic (exact) mass is 551 g/mol. The highest BCUT2D eigenvalue weighted by Crippen LogP contribution is 2.34. The third-order valence-electron chi connectivity index (χ3n) is 7.00. The lowest BCUT2D eigenvalue weighted by Gasteiger charge is -2.27. The van der Waals surface area contributed by atoms with Crippen molar-refractivity contribution < 1.29 is 29.0 Å². The van der Waals surface area contributed by atoms with E-state index in [2.05, 4.69) is 0 Å². The molecule has 0 radical (unpaired) electrons. The number of hydrogen-bond donors (Lipinski definition) is 1. The second-order valence-corrected chi connectivity index (χ2v) is 10.1. The van der Waals surface area contributed by atoms with E-state index in [-0.39, 0.29) is 36.1 Å². The molecule has 0 spiro atoms. The number of carbonyl (C=O) groups is 3. The summed E-state index contributed by atoms with van der Waals surface area (Å²) < 4.78 is 12.9. The summed E-state index contributed by atoms with van der Waals surface area (Å²) in [5, 5.41) is 9.55. The van der Waals surface area contributed by atoms with E-state index >= 15 is 0 Å². The zero-order chi connectivity index (χ0) is 28.1. The van der Waals surface area contributed by atoms with Gasteiger partial charge < -0.3 is 19.1 Å². The minimum atomic E-state index is -1.05. The third-order valence-corrected chi connectivity index (χ3v) is 7.23. The summed E-state index contributed by atoms with van der Waals surface area (Å²) >= 11 is 6.21. The van der Waals surface area contributed by atoms with Gasteiger partial charge in [0.1, 0.15) is 5.75 Å². The number of aromatic nitrogens is 1. The Morgan fingerprint density at radius 2 is 1.79 bits per heavy atom. The predicted octanol–water partition coefficient (Wildman–Crippen LogP) is 5.39. The number of benzene rings is 2. The van der Waals surface area contributed by atoms with Crippen LogP contribution in [-0.2, 0) is 16.0 Å². The highest BCUT2D eigenvalue weighted by atomic mass is 35.5. The molecule has 1 saturated carbocycles. The SMILES string of the molecule is COc1cn([C@H](CCOC2CCC2)C(=O)Cc2ccc(C(=O)O)cc2)c(=O)cc1-c1cc(Cl)ccc1C(C)=O. The van der Waals surface area contributed by atoms with Gasteiger partial charge in [0.05, 0.1) is 31.0 Å². The molecule has 1 heterocycles. The third kappa shape index (κ3) is 6.64. The van der Waals surface area contributed by atoms with Gasteiger partial charge in [-0.3, -0.25) is 14.4 Å². The molecule has 204 valence electrons. The van der Waals surface area contributed by atoms with Crippen LogP contribution in [0.5, 0.6) is 5.75 Å². The van der Waals surface area contributed by atoms with Gasteiger partial charge in [-0.05, 0) is 74.1 Å². The van der Waals surface area contributed by atoms with Crippen LogP contribution in [0.25, 0.3) is 11.1 Å². The van der Waals surface area contributed by atoms with Crippen molar-refractivity contribution in [2.24, 2.45) is 0 Å². The van der Waals surface area contributed by atoms with E-state index in [0.717, 1.165) is 19.3 Å². The number of carboxylic acids is 1. The number of nitrogens with zero attached hydrogens (tertiary/aromatic N) is 1. The van der Waals surface area contributed by atoms with Crippen LogP contribution in [-0.4, -0.2) is 47.0 Å². The molecule has 2 aromatic carbocycles. The Morgan fingerprint density at radius 3 is 2.38 bits per heavy atom. The van der Waals surface area contributed by atoms with Crippen molar-refractivity contribution in [3.63, 3.8) is 0 Å². The van der Waals surface area contributed by atoms with Gasteiger partial charge in [-0.1, -0.05) is 23.7 Å². The van der Waals surface area contributed by atoms with Crippen LogP contribution in [0.1, 0.15) is 64.9 Å². The molecule has 1 fully saturated rings. The van der Waals surface area contributed by atoms with E-state index in [1.165, 1.54) is 43.0 Å². The fraction of sp³-hybridized carbons (Fsp3) is 0.333. The lowest BCUT2D eigenvalue weighted by Crippen LogP contribution is -2.32. The number of Topliss-reactive ketones (excluding diaryl/α,β-unsaturated/α-hetero) is 2. The maximum Gasteiger partial charge on any atom is 0.335 e. The Bertz CT molecular complexity index is 1440. The number of hydrogen-bond acceptors (Lipinski definition) is 6. The number of rotatable bonds is 12. The van der Waals surface area contributed by atoms with Gasteiger partial charge >= 0.3 is 5.97 Å². The van der Waals surface area contributed by atoms with Crippen LogP contribution in [0, 0.1) is 0 Å². The Hall–Kier alpha value is -3.75. The summed E-state index contributed by atoms with van der Waals surface area (Å²) in [7, 11) is 1.45. The van der Waals surface area contributed by atoms with E-state index in [4.69, 9.17) is 26.2 Å². The molecule has 9 heteroatoms. The van der Waals surface area contributed by atoms with Crippen molar-refractivity contribution >= 4 is 29.1 Å². The molecule has 1 N–H and O–H groups in total. The molecule has 1 aliphatic rings. The van der Waals surface area contributed by atoms with E-state index in [1.807, 2.05) is 0 Å². The molecule has 8 nitrogen and oxygen atoms in total. The van der Waals surface area contributed by atoms with Gasteiger partial charge in [0, 0.05) is 35.2 Å². The summed E-state index contributed by atoms with van der Waals surface area (Å²) in [6.07, 6.45) is 5.02. The van der Waals surface area contributed by atoms with Crippen molar-refractivity contribution in [2.45, 2.75) is 51.2 Å². The van der Waals surface area contributed by atoms with E-state index < -0.39 is 17.6 Å². The maximum absolute atomic E-state index is 13.6. The fourth-order valence-corrected chi connectivity index (χ4v) is 4.79. The van der Waals surface area contributed by atoms with E-state index in [0.29, 0.717) is 39.6 Å². The molecule has 3 aromatic rings. The van der Waals surface area contributed by atoms with Gasteiger partial charge in [0.15, 0.2) is 11.6 Å². The molecule has 0 saturated heterocycles. The number of pyridine rings is 1. The van der Waals surface area contributed by atoms with Crippen molar-refractivity contribution in [3.8, 4) is 16.9 Å². The summed E-state index contributed by atoms with van der Waals surface area (Å²) in [6.45, 7) is 1.73. The van der Waals surface area contributed by atoms with Gasteiger partial charge in [-0.25, -0.2) is 4.79 Å². The summed E-state index contributed by atoms with van der Waals surface area (Å²) in [5.74, 6) is -1.16. The quantitative estimate of drug-likeness (QED) is 0.300. The number of methoxy groups -OCH3 is 1. The Morgan fingerprint density at radius 1 is 1.08 bits per heavy atom. The lowest BCUT2D eigenvalue weighted by atomic mass is 9.96. The minimum absolute atomic E-state index is 0.00722. The van der Waals surface area contributed by atoms with Crippen LogP contribution >= 0.6 is 11.6 Å². The standard InChI is InChI=1S/C30H30ClNO7/c1-18(33)23-11-10-21(31)15-24(23)25-16-29(35)32(17-28(25)38-2)26(12-13-39-22-4-3-5-22)27(34)14-19-6-8-20(9-7-19)30(36)37/h6-11,15-17,22,26H,3-5,12-14H2,1-2H3,(H,36,37)/t26-/m1/s1. The molecule has 4 rings (SSSR count). The second-order valence-electron chi connectivity index (χ2n) is 9.62. The highest BCUT2D eigenvalue weighted by Gasteiger charge is 2.26. The molecular weight excluding hydrogens is 522 g/mol. The van der Waals surface area contributed by atoms with Crippen LogP contribution in [0.2, 0.25) is 5.02 Å². The topological polar surface area (TPSA) is 112 Å². The van der Waals surface area contributed by atoms with Crippen molar-refractivity contribution in [1.29, 1.82) is 0 Å². The predicted molar refractivity (Wildman–Crippen MR) is 147 cm³/mol. The summed E-state index contributed by atoms with van der Waals surface area (Å²) in [4.78, 5) is 50.5. The first kappa shape index (κ1) is 28.3. The molecule has 0 aliphatic heterocycles. The first-order valence-electron chi connectivity index (χ1n) is 12.8. The first-order valence-corrected chi connectivity index (χ1v) is 13.1. The Labute approximate surface area is 231 Å². The first-order chi connectivity index (χ1) is 18.7. The largest absolute Gasteiger partial charge is 0.495 e. The summed E-state index contributed by atoms with van der Waals surface area (Å²) in [6, 6.07) is 11.4. The average Bonchev–Trinajstić information content (AvgIpc) is 2.88. The minimum Gasteiger partial charge on any atom is -0.495 e. The molecule has 1 aliphatic carbocycles. The Balaban J connectivity index is 1.70. The maximum atomic E-state index is 13.6. The van der Waals surface area contributed by atoms with Crippen molar-refractivity contribution in [3.05, 3.63) is 86.8 Å². The lowest BCUT2D eigenvalue weighted by molar-refractivity contribution is -0.122. The number of ether oxygens (including phenoxy) is 2. The van der Waals surface area contributed by atoms with Crippen molar-refractivity contribution in [1.82, 2.24) is 4.57 Å². The number of aromatic carboxylic acids is 1. The molecule has 39 heavy (non-hydrogen) atoms. The fourth-order valence-electron chi connectivity index (χ4n) is 4.61. The molecule has 0 bridgehead atoms. The number of carboxylic acid groups (broad SMARTS) is 1. The van der Waals surface area contributed by atoms with Crippen LogP contribution in [0.4, 0.5) is 0 Å². The average molecular weight is 552 g/mol. The molecule has 0 unspecified atom stereocenters. The molecule has 1 atom stereocenters. The van der Waals surface area contributed by atoms with E-state index in [9.17, 15) is 19.2 Å². The van der Waals surface area contributed by atoms with Crippen LogP contribution < -0.4 is 10.3 Å². The number of carbonyl (C=O) groups excluding carboxylic acids is 2. The van der Waals surface area contributed by atoms with Gasteiger partial charge in [0.2, 0.25) is 0 Å². The summed E-state index contributed by atoms with van der Waals surface area (Å²) in [5.41, 5.74) is 1.57. The van der Waals surface area contributed by atoms with Crippen LogP contribution in [0.3, 0.4) is 0 Å². The smallest absolute Gasteiger partial charge is 0.335 e. The second kappa shape index (κ2) is 12.4. The highest BCUT2D eigenvalue weighted by molar-refractivity contribution is 6.31. The molecule has 0 amide bonds. The number of ketones is 2. The van der Waals surface area contributed by atoms with Gasteiger partial charge in [0.25, 0.3) is 5.56 Å². The van der Waals surface area contributed by atoms with Crippen molar-refractivity contribution in [2.75, 3.05) is 13.7 Å². The van der Waals surface area contributed by atoms with Gasteiger partial charge in [-0.2, -0.15) is 0 Å². The molecule has 1 aromatic heterocycles. The van der Waals surface area contributed by atoms with E-state index in [1.54, 1.807) is 30.3 Å². The number of halogens is 1. The Kier molecular flexibility index (Phi) is 8.99. The zero-order valence-corrected chi connectivity index (χ0v) is 22.6. The molecular formula is C30H30ClNO7. The normalized spacial score (nSPS) is 13.9. The van der Waals surface area contributed by atoms with Crippen LogP contribution in [0.15, 0.2) is 59.5 Å². The zero-order valence-electron chi connectivity index (χ0n) is 21.8. The van der Waals surface area contributed by atoms with Gasteiger partial charge in [-0.15, -0.1) is 0 Å².